The number of nitrogens with one attached hydrogen (secondary N) is 1. The van der Waals surface area contributed by atoms with Gasteiger partial charge in [0.2, 0.25) is 0 Å². The van der Waals surface area contributed by atoms with Gasteiger partial charge in [-0.15, -0.1) is 0 Å². The van der Waals surface area contributed by atoms with Gasteiger partial charge < -0.3 is 15.5 Å². The van der Waals surface area contributed by atoms with Crippen LogP contribution in [0.2, 0.25) is 0 Å². The molecule has 29 heavy (non-hydrogen) atoms. The molecule has 0 unspecified atom stereocenters. The maximum absolute atomic E-state index is 12.6. The quantitative estimate of drug-likeness (QED) is 0.658. The zero-order valence-electron chi connectivity index (χ0n) is 17.5. The lowest BCUT2D eigenvalue weighted by Gasteiger charge is -2.18. The smallest absolute Gasteiger partial charge is 0.291 e. The summed E-state index contributed by atoms with van der Waals surface area (Å²) in [6, 6.07) is 10.1. The Labute approximate surface area is 170 Å². The van der Waals surface area contributed by atoms with Crippen LogP contribution in [-0.4, -0.2) is 11.8 Å². The molecule has 1 aromatic heterocycles. The Morgan fingerprint density at radius 3 is 2.07 bits per heavy atom. The van der Waals surface area contributed by atoms with Crippen molar-refractivity contribution in [2.45, 2.75) is 41.0 Å². The second kappa shape index (κ2) is 7.95. The largest absolute Gasteiger partial charge is 0.456 e. The molecule has 0 saturated heterocycles. The van der Waals surface area contributed by atoms with Gasteiger partial charge in [0.05, 0.1) is 11.3 Å². The lowest BCUT2D eigenvalue weighted by atomic mass is 9.88. The van der Waals surface area contributed by atoms with E-state index in [1.54, 1.807) is 30.3 Å². The van der Waals surface area contributed by atoms with E-state index >= 15 is 0 Å². The Morgan fingerprint density at radius 2 is 1.45 bits per heavy atom. The molecule has 0 fully saturated rings. The van der Waals surface area contributed by atoms with Gasteiger partial charge in [0, 0.05) is 6.42 Å². The Hall–Kier alpha value is -3.34. The predicted octanol–water partition coefficient (Wildman–Crippen LogP) is 4.76. The summed E-state index contributed by atoms with van der Waals surface area (Å²) in [6.07, 6.45) is 0.616. The van der Waals surface area contributed by atoms with Crippen LogP contribution in [0.5, 0.6) is 0 Å². The lowest BCUT2D eigenvalue weighted by Crippen LogP contribution is -2.17. The molecule has 150 valence electrons. The molecule has 0 radical (unpaired) electrons. The number of carbonyl (C=O) groups excluding carboxylic acids is 2. The predicted molar refractivity (Wildman–Crippen MR) is 115 cm³/mol. The van der Waals surface area contributed by atoms with Crippen molar-refractivity contribution in [2.24, 2.45) is 5.73 Å². The fourth-order valence-corrected chi connectivity index (χ4v) is 3.60. The average molecular weight is 390 g/mol. The molecule has 0 aliphatic heterocycles. The molecule has 1 heterocycles. The average Bonchev–Trinajstić information content (AvgIpc) is 3.17. The zero-order valence-corrected chi connectivity index (χ0v) is 17.5. The first kappa shape index (κ1) is 20.4. The van der Waals surface area contributed by atoms with E-state index in [1.807, 2.05) is 6.07 Å². The summed E-state index contributed by atoms with van der Waals surface area (Å²) < 4.78 is 5.81. The van der Waals surface area contributed by atoms with Crippen LogP contribution in [0.15, 0.2) is 40.8 Å². The molecule has 0 bridgehead atoms. The lowest BCUT2D eigenvalue weighted by molar-refractivity contribution is 0.0995. The van der Waals surface area contributed by atoms with E-state index in [0.717, 1.165) is 0 Å². The molecule has 0 aliphatic rings. The number of hydrogen-bond donors (Lipinski definition) is 2. The van der Waals surface area contributed by atoms with Gasteiger partial charge in [0.25, 0.3) is 11.8 Å². The van der Waals surface area contributed by atoms with Crippen molar-refractivity contribution in [3.05, 3.63) is 86.9 Å². The van der Waals surface area contributed by atoms with Crippen molar-refractivity contribution in [2.75, 3.05) is 5.32 Å². The molecule has 2 amide bonds. The minimum absolute atomic E-state index is 0.190. The highest BCUT2D eigenvalue weighted by molar-refractivity contribution is 6.07. The first-order chi connectivity index (χ1) is 13.7. The van der Waals surface area contributed by atoms with Crippen molar-refractivity contribution in [1.29, 1.82) is 0 Å². The van der Waals surface area contributed by atoms with Crippen LogP contribution in [0.3, 0.4) is 0 Å². The van der Waals surface area contributed by atoms with Gasteiger partial charge in [0.1, 0.15) is 5.76 Å². The summed E-state index contributed by atoms with van der Waals surface area (Å²) in [7, 11) is 0. The highest BCUT2D eigenvalue weighted by Gasteiger charge is 2.17. The van der Waals surface area contributed by atoms with Gasteiger partial charge in [-0.05, 0) is 92.3 Å². The normalized spacial score (nSPS) is 10.8. The van der Waals surface area contributed by atoms with Crippen molar-refractivity contribution in [1.82, 2.24) is 0 Å². The molecule has 3 aromatic rings. The van der Waals surface area contributed by atoms with Crippen molar-refractivity contribution in [3.8, 4) is 0 Å². The van der Waals surface area contributed by atoms with Gasteiger partial charge >= 0.3 is 0 Å². The molecule has 0 saturated carbocycles. The maximum atomic E-state index is 12.6. The molecular formula is C24H26N2O3. The highest BCUT2D eigenvalue weighted by Crippen LogP contribution is 2.28. The number of anilines is 1. The van der Waals surface area contributed by atoms with Crippen LogP contribution in [-0.2, 0) is 6.42 Å². The summed E-state index contributed by atoms with van der Waals surface area (Å²) in [5.41, 5.74) is 13.6. The van der Waals surface area contributed by atoms with E-state index in [0.29, 0.717) is 17.9 Å². The summed E-state index contributed by atoms with van der Waals surface area (Å²) in [4.78, 5) is 24.1. The molecule has 0 atom stereocenters. The number of nitrogens with two attached hydrogens (primary N) is 1. The van der Waals surface area contributed by atoms with Crippen LogP contribution >= 0.6 is 0 Å². The van der Waals surface area contributed by atoms with E-state index in [2.05, 4.69) is 39.9 Å². The van der Waals surface area contributed by atoms with Crippen LogP contribution in [0.25, 0.3) is 0 Å². The van der Waals surface area contributed by atoms with Gasteiger partial charge in [0.15, 0.2) is 5.76 Å². The van der Waals surface area contributed by atoms with Gasteiger partial charge in [-0.2, -0.15) is 0 Å². The van der Waals surface area contributed by atoms with Crippen molar-refractivity contribution in [3.63, 3.8) is 0 Å². The fraction of sp³-hybridized carbons (Fsp3) is 0.250. The van der Waals surface area contributed by atoms with E-state index < -0.39 is 11.8 Å². The number of rotatable bonds is 5. The molecule has 5 heteroatoms. The monoisotopic (exact) mass is 390 g/mol. The SMILES string of the molecule is Cc1c(C)c(C)c(Cc2ccc(C(=O)Nc3ccccc3C(N)=O)o2)c(C)c1C. The van der Waals surface area contributed by atoms with Gasteiger partial charge in [-0.1, -0.05) is 12.1 Å². The number of hydrogen-bond acceptors (Lipinski definition) is 3. The summed E-state index contributed by atoms with van der Waals surface area (Å²) in [5, 5.41) is 2.70. The number of benzene rings is 2. The van der Waals surface area contributed by atoms with Crippen molar-refractivity contribution >= 4 is 17.5 Å². The second-order valence-corrected chi connectivity index (χ2v) is 7.41. The van der Waals surface area contributed by atoms with Crippen LogP contribution in [0, 0.1) is 34.6 Å². The Bertz CT molecular complexity index is 1080. The molecule has 2 aromatic carbocycles. The van der Waals surface area contributed by atoms with Crippen LogP contribution < -0.4 is 11.1 Å². The summed E-state index contributed by atoms with van der Waals surface area (Å²) in [6.45, 7) is 10.7. The first-order valence-corrected chi connectivity index (χ1v) is 9.55. The minimum Gasteiger partial charge on any atom is -0.456 e. The molecule has 0 aliphatic carbocycles. The number of carbonyl (C=O) groups is 2. The maximum Gasteiger partial charge on any atom is 0.291 e. The summed E-state index contributed by atoms with van der Waals surface area (Å²) >= 11 is 0. The Balaban J connectivity index is 1.84. The van der Waals surface area contributed by atoms with E-state index in [4.69, 9.17) is 10.2 Å². The summed E-state index contributed by atoms with van der Waals surface area (Å²) in [5.74, 6) is -0.117. The van der Waals surface area contributed by atoms with E-state index in [9.17, 15) is 9.59 Å². The standard InChI is InChI=1S/C24H26N2O3/c1-13-14(2)16(4)20(17(5)15(13)3)12-18-10-11-22(29-18)24(28)26-21-9-7-6-8-19(21)23(25)27/h6-11H,12H2,1-5H3,(H2,25,27)(H,26,28). The molecule has 3 rings (SSSR count). The third kappa shape index (κ3) is 3.94. The third-order valence-electron chi connectivity index (χ3n) is 5.83. The first-order valence-electron chi connectivity index (χ1n) is 9.55. The van der Waals surface area contributed by atoms with Gasteiger partial charge in [-0.25, -0.2) is 0 Å². The minimum atomic E-state index is -0.600. The number of furan rings is 1. The Kier molecular flexibility index (Phi) is 5.59. The number of para-hydroxylation sites is 1. The van der Waals surface area contributed by atoms with E-state index in [1.165, 1.54) is 33.4 Å². The third-order valence-corrected chi connectivity index (χ3v) is 5.83. The topological polar surface area (TPSA) is 85.3 Å². The number of primary amides is 1. The zero-order chi connectivity index (χ0) is 21.3. The van der Waals surface area contributed by atoms with Crippen molar-refractivity contribution < 1.29 is 14.0 Å². The Morgan fingerprint density at radius 1 is 0.862 bits per heavy atom. The molecule has 3 N–H and O–H groups in total. The second-order valence-electron chi connectivity index (χ2n) is 7.41. The molecular weight excluding hydrogens is 364 g/mol. The van der Waals surface area contributed by atoms with Gasteiger partial charge in [-0.3, -0.25) is 9.59 Å². The van der Waals surface area contributed by atoms with Crippen LogP contribution in [0.4, 0.5) is 5.69 Å². The van der Waals surface area contributed by atoms with Crippen LogP contribution in [0.1, 0.15) is 60.1 Å². The number of amides is 2. The highest BCUT2D eigenvalue weighted by atomic mass is 16.3. The molecule has 5 nitrogen and oxygen atoms in total. The molecule has 0 spiro atoms. The fourth-order valence-electron chi connectivity index (χ4n) is 3.60. The van der Waals surface area contributed by atoms with E-state index in [-0.39, 0.29) is 11.3 Å².